The predicted molar refractivity (Wildman–Crippen MR) is 67.9 cm³/mol. The number of hydrogen-bond donors (Lipinski definition) is 0. The molecule has 0 saturated carbocycles. The molecule has 86 valence electrons. The predicted octanol–water partition coefficient (Wildman–Crippen LogP) is 4.04. The molecule has 2 heteroatoms. The van der Waals surface area contributed by atoms with Crippen LogP contribution in [0.3, 0.4) is 0 Å². The van der Waals surface area contributed by atoms with Crippen LogP contribution in [0.2, 0.25) is 5.02 Å². The summed E-state index contributed by atoms with van der Waals surface area (Å²) >= 11 is 6.03. The molecule has 0 fully saturated rings. The highest BCUT2D eigenvalue weighted by Crippen LogP contribution is 2.34. The summed E-state index contributed by atoms with van der Waals surface area (Å²) in [6, 6.07) is 8.15. The first-order chi connectivity index (χ1) is 7.81. The Morgan fingerprint density at radius 3 is 3.06 bits per heavy atom. The molecule has 0 radical (unpaired) electrons. The van der Waals surface area contributed by atoms with Crippen LogP contribution in [0.25, 0.3) is 0 Å². The third-order valence-corrected chi connectivity index (χ3v) is 3.40. The number of benzene rings is 1. The van der Waals surface area contributed by atoms with Gasteiger partial charge in [0.15, 0.2) is 0 Å². The standard InChI is InChI=1S/C14H17ClO/c1-16-10-12-5-2-3-8-14(12)11-6-4-7-13(15)9-11/h3-4,6-9,12,14H,2,5,10H2,1H3. The lowest BCUT2D eigenvalue weighted by molar-refractivity contribution is 0.139. The maximum absolute atomic E-state index is 6.03. The van der Waals surface area contributed by atoms with Crippen LogP contribution in [0.5, 0.6) is 0 Å². The van der Waals surface area contributed by atoms with Crippen molar-refractivity contribution in [3.63, 3.8) is 0 Å². The van der Waals surface area contributed by atoms with E-state index < -0.39 is 0 Å². The molecule has 0 amide bonds. The van der Waals surface area contributed by atoms with Crippen molar-refractivity contribution in [1.82, 2.24) is 0 Å². The van der Waals surface area contributed by atoms with Gasteiger partial charge < -0.3 is 4.74 Å². The van der Waals surface area contributed by atoms with Gasteiger partial charge in [-0.2, -0.15) is 0 Å². The topological polar surface area (TPSA) is 9.23 Å². The minimum Gasteiger partial charge on any atom is -0.384 e. The molecule has 0 saturated heterocycles. The number of ether oxygens (including phenoxy) is 1. The van der Waals surface area contributed by atoms with Gasteiger partial charge in [-0.15, -0.1) is 0 Å². The molecule has 1 aliphatic carbocycles. The van der Waals surface area contributed by atoms with Crippen molar-refractivity contribution in [3.8, 4) is 0 Å². The lowest BCUT2D eigenvalue weighted by Crippen LogP contribution is -2.19. The number of rotatable bonds is 3. The summed E-state index contributed by atoms with van der Waals surface area (Å²) in [5.74, 6) is 1.03. The average Bonchev–Trinajstić information content (AvgIpc) is 2.30. The molecule has 0 bridgehead atoms. The van der Waals surface area contributed by atoms with Crippen molar-refractivity contribution >= 4 is 11.6 Å². The molecular weight excluding hydrogens is 220 g/mol. The Morgan fingerprint density at radius 1 is 1.44 bits per heavy atom. The Kier molecular flexibility index (Phi) is 4.03. The Hall–Kier alpha value is -0.790. The summed E-state index contributed by atoms with van der Waals surface area (Å²) < 4.78 is 5.30. The Labute approximate surface area is 102 Å². The molecule has 1 nitrogen and oxygen atoms in total. The van der Waals surface area contributed by atoms with Gasteiger partial charge in [0.2, 0.25) is 0 Å². The minimum atomic E-state index is 0.451. The molecule has 0 aliphatic heterocycles. The highest BCUT2D eigenvalue weighted by Gasteiger charge is 2.23. The first kappa shape index (κ1) is 11.7. The van der Waals surface area contributed by atoms with Crippen LogP contribution < -0.4 is 0 Å². The van der Waals surface area contributed by atoms with Crippen molar-refractivity contribution in [2.24, 2.45) is 5.92 Å². The van der Waals surface area contributed by atoms with E-state index in [9.17, 15) is 0 Å². The normalized spacial score (nSPS) is 24.6. The van der Waals surface area contributed by atoms with Gasteiger partial charge in [-0.25, -0.2) is 0 Å². The molecule has 0 spiro atoms. The molecule has 1 aromatic rings. The fourth-order valence-corrected chi connectivity index (χ4v) is 2.59. The number of hydrogen-bond acceptors (Lipinski definition) is 1. The molecule has 1 aromatic carbocycles. The van der Waals surface area contributed by atoms with Gasteiger partial charge in [-0.3, -0.25) is 0 Å². The minimum absolute atomic E-state index is 0.451. The maximum atomic E-state index is 6.03. The molecule has 16 heavy (non-hydrogen) atoms. The highest BCUT2D eigenvalue weighted by molar-refractivity contribution is 6.30. The van der Waals surface area contributed by atoms with Crippen molar-refractivity contribution < 1.29 is 4.74 Å². The third-order valence-electron chi connectivity index (χ3n) is 3.17. The van der Waals surface area contributed by atoms with E-state index in [0.29, 0.717) is 11.8 Å². The molecular formula is C14H17ClO. The van der Waals surface area contributed by atoms with E-state index >= 15 is 0 Å². The lowest BCUT2D eigenvalue weighted by atomic mass is 9.80. The van der Waals surface area contributed by atoms with Gasteiger partial charge in [0, 0.05) is 24.7 Å². The van der Waals surface area contributed by atoms with Crippen LogP contribution in [-0.2, 0) is 4.74 Å². The van der Waals surface area contributed by atoms with E-state index in [1.807, 2.05) is 12.1 Å². The highest BCUT2D eigenvalue weighted by atomic mass is 35.5. The van der Waals surface area contributed by atoms with E-state index in [2.05, 4.69) is 24.3 Å². The van der Waals surface area contributed by atoms with Gasteiger partial charge in [0.25, 0.3) is 0 Å². The van der Waals surface area contributed by atoms with Crippen LogP contribution >= 0.6 is 11.6 Å². The number of halogens is 1. The lowest BCUT2D eigenvalue weighted by Gasteiger charge is -2.27. The first-order valence-electron chi connectivity index (χ1n) is 5.72. The number of allylic oxidation sites excluding steroid dienone is 2. The van der Waals surface area contributed by atoms with Crippen LogP contribution in [-0.4, -0.2) is 13.7 Å². The van der Waals surface area contributed by atoms with Crippen LogP contribution in [0, 0.1) is 5.92 Å². The van der Waals surface area contributed by atoms with Gasteiger partial charge in [0.05, 0.1) is 0 Å². The van der Waals surface area contributed by atoms with Crippen LogP contribution in [0.4, 0.5) is 0 Å². The molecule has 2 rings (SSSR count). The molecule has 1 aliphatic rings. The Morgan fingerprint density at radius 2 is 2.31 bits per heavy atom. The van der Waals surface area contributed by atoms with Gasteiger partial charge in [0.1, 0.15) is 0 Å². The van der Waals surface area contributed by atoms with Crippen molar-refractivity contribution in [2.75, 3.05) is 13.7 Å². The van der Waals surface area contributed by atoms with E-state index in [1.165, 1.54) is 12.0 Å². The van der Waals surface area contributed by atoms with Gasteiger partial charge >= 0.3 is 0 Å². The van der Waals surface area contributed by atoms with Crippen molar-refractivity contribution in [3.05, 3.63) is 47.0 Å². The van der Waals surface area contributed by atoms with Crippen molar-refractivity contribution in [2.45, 2.75) is 18.8 Å². The summed E-state index contributed by atoms with van der Waals surface area (Å²) in [4.78, 5) is 0. The van der Waals surface area contributed by atoms with E-state index in [4.69, 9.17) is 16.3 Å². The largest absolute Gasteiger partial charge is 0.384 e. The second-order valence-electron chi connectivity index (χ2n) is 4.30. The fourth-order valence-electron chi connectivity index (χ4n) is 2.39. The van der Waals surface area contributed by atoms with Gasteiger partial charge in [-0.1, -0.05) is 35.9 Å². The second-order valence-corrected chi connectivity index (χ2v) is 4.74. The SMILES string of the molecule is COCC1CCC=CC1c1cccc(Cl)c1. The zero-order valence-corrected chi connectivity index (χ0v) is 10.3. The zero-order chi connectivity index (χ0) is 11.4. The van der Waals surface area contributed by atoms with Gasteiger partial charge in [-0.05, 0) is 36.5 Å². The number of methoxy groups -OCH3 is 1. The summed E-state index contributed by atoms with van der Waals surface area (Å²) in [5.41, 5.74) is 1.30. The van der Waals surface area contributed by atoms with Crippen LogP contribution in [0.1, 0.15) is 24.3 Å². The first-order valence-corrected chi connectivity index (χ1v) is 6.10. The summed E-state index contributed by atoms with van der Waals surface area (Å²) in [5, 5.41) is 0.813. The van der Waals surface area contributed by atoms with E-state index in [0.717, 1.165) is 18.1 Å². The molecule has 0 heterocycles. The summed E-state index contributed by atoms with van der Waals surface area (Å²) in [6.07, 6.45) is 6.91. The molecule has 0 aromatic heterocycles. The fraction of sp³-hybridized carbons (Fsp3) is 0.429. The van der Waals surface area contributed by atoms with Crippen molar-refractivity contribution in [1.29, 1.82) is 0 Å². The average molecular weight is 237 g/mol. The molecule has 2 unspecified atom stereocenters. The zero-order valence-electron chi connectivity index (χ0n) is 9.53. The van der Waals surface area contributed by atoms with E-state index in [1.54, 1.807) is 7.11 Å². The quantitative estimate of drug-likeness (QED) is 0.720. The second kappa shape index (κ2) is 5.51. The smallest absolute Gasteiger partial charge is 0.0499 e. The Bertz CT molecular complexity index is 373. The molecule has 0 N–H and O–H groups in total. The monoisotopic (exact) mass is 236 g/mol. The maximum Gasteiger partial charge on any atom is 0.0499 e. The van der Waals surface area contributed by atoms with E-state index in [-0.39, 0.29) is 0 Å². The Balaban J connectivity index is 2.22. The van der Waals surface area contributed by atoms with Crippen LogP contribution in [0.15, 0.2) is 36.4 Å². The third kappa shape index (κ3) is 2.66. The summed E-state index contributed by atoms with van der Waals surface area (Å²) in [7, 11) is 1.77. The molecule has 2 atom stereocenters. The summed E-state index contributed by atoms with van der Waals surface area (Å²) in [6.45, 7) is 0.821.